The van der Waals surface area contributed by atoms with E-state index in [1.807, 2.05) is 6.92 Å². The van der Waals surface area contributed by atoms with Crippen LogP contribution in [0.2, 0.25) is 0 Å². The Balaban J connectivity index is 1.77. The molecular weight excluding hydrogens is 405 g/mol. The molecule has 1 heterocycles. The maximum atomic E-state index is 13.4. The number of rotatable bonds is 2. The maximum Gasteiger partial charge on any atom is 0.416 e. The average Bonchev–Trinajstić information content (AvgIpc) is 3.03. The second kappa shape index (κ2) is 7.21. The summed E-state index contributed by atoms with van der Waals surface area (Å²) in [6.45, 7) is 2.41. The van der Waals surface area contributed by atoms with E-state index in [0.717, 1.165) is 17.7 Å². The van der Waals surface area contributed by atoms with Gasteiger partial charge in [-0.15, -0.1) is 0 Å². The summed E-state index contributed by atoms with van der Waals surface area (Å²) in [5, 5.41) is 11.3. The van der Waals surface area contributed by atoms with Crippen LogP contribution in [0, 0.1) is 16.0 Å². The molecule has 3 atom stereocenters. The Kier molecular flexibility index (Phi) is 4.98. The van der Waals surface area contributed by atoms with Gasteiger partial charge in [0.05, 0.1) is 15.4 Å². The molecule has 0 saturated heterocycles. The molecule has 29 heavy (non-hydrogen) atoms. The quantitative estimate of drug-likeness (QED) is 0.513. The number of nitro benzene ring substituents is 1. The van der Waals surface area contributed by atoms with E-state index >= 15 is 0 Å². The van der Waals surface area contributed by atoms with Gasteiger partial charge in [-0.3, -0.25) is 10.1 Å². The minimum atomic E-state index is -4.51. The summed E-state index contributed by atoms with van der Waals surface area (Å²) in [6, 6.07) is 7.97. The topological polar surface area (TPSA) is 63.5 Å². The Morgan fingerprint density at radius 1 is 1.24 bits per heavy atom. The van der Waals surface area contributed by atoms with Crippen molar-refractivity contribution in [2.45, 2.75) is 43.3 Å². The van der Waals surface area contributed by atoms with E-state index in [0.29, 0.717) is 36.9 Å². The van der Waals surface area contributed by atoms with Crippen molar-refractivity contribution in [3.8, 4) is 0 Å². The van der Waals surface area contributed by atoms with Crippen LogP contribution in [0.1, 0.15) is 41.6 Å². The third-order valence-electron chi connectivity index (χ3n) is 5.61. The van der Waals surface area contributed by atoms with Gasteiger partial charge in [-0.25, -0.2) is 8.51 Å². The Hall–Kier alpha value is -2.26. The van der Waals surface area contributed by atoms with Gasteiger partial charge in [0.25, 0.3) is 5.69 Å². The van der Waals surface area contributed by atoms with E-state index in [1.54, 1.807) is 16.4 Å². The fourth-order valence-electron chi connectivity index (χ4n) is 4.33. The van der Waals surface area contributed by atoms with Crippen molar-refractivity contribution in [1.82, 2.24) is 4.31 Å². The molecule has 2 aromatic carbocycles. The number of halogens is 3. The molecule has 2 aliphatic rings. The zero-order chi connectivity index (χ0) is 20.9. The Morgan fingerprint density at radius 2 is 2.00 bits per heavy atom. The van der Waals surface area contributed by atoms with Crippen LogP contribution < -0.4 is 0 Å². The maximum absolute atomic E-state index is 13.4. The van der Waals surface area contributed by atoms with Gasteiger partial charge < -0.3 is 0 Å². The number of fused-ring (bicyclic) bond motifs is 2. The molecule has 0 aromatic heterocycles. The zero-order valence-corrected chi connectivity index (χ0v) is 16.4. The molecule has 1 aliphatic carbocycles. The SMILES string of the molecule is C[C@H]1Cc2ccc(C(F)(F)F)cc2S(=O)N(C2CCc3c2cccc3[N+](=O)[O-])C1. The predicted octanol–water partition coefficient (Wildman–Crippen LogP) is 4.82. The average molecular weight is 424 g/mol. The fraction of sp³-hybridized carbons (Fsp3) is 0.400. The van der Waals surface area contributed by atoms with Crippen molar-refractivity contribution in [2.24, 2.45) is 5.92 Å². The smallest absolute Gasteiger partial charge is 0.258 e. The minimum Gasteiger partial charge on any atom is -0.258 e. The lowest BCUT2D eigenvalue weighted by molar-refractivity contribution is -0.385. The molecule has 2 aromatic rings. The van der Waals surface area contributed by atoms with Gasteiger partial charge >= 0.3 is 6.18 Å². The van der Waals surface area contributed by atoms with E-state index in [2.05, 4.69) is 0 Å². The molecule has 9 heteroatoms. The normalized spacial score (nSPS) is 24.6. The molecule has 0 bridgehead atoms. The lowest BCUT2D eigenvalue weighted by atomic mass is 9.99. The van der Waals surface area contributed by atoms with E-state index in [-0.39, 0.29) is 22.5 Å². The number of nitro groups is 1. The van der Waals surface area contributed by atoms with E-state index < -0.39 is 27.6 Å². The number of alkyl halides is 3. The van der Waals surface area contributed by atoms with Crippen LogP contribution in [0.3, 0.4) is 0 Å². The molecule has 0 amide bonds. The van der Waals surface area contributed by atoms with Crippen molar-refractivity contribution in [3.05, 3.63) is 68.8 Å². The summed E-state index contributed by atoms with van der Waals surface area (Å²) in [6.07, 6.45) is -2.95. The Labute approximate surface area is 168 Å². The molecule has 1 aliphatic heterocycles. The highest BCUT2D eigenvalue weighted by Crippen LogP contribution is 2.43. The molecule has 154 valence electrons. The zero-order valence-electron chi connectivity index (χ0n) is 15.6. The molecule has 4 rings (SSSR count). The third kappa shape index (κ3) is 3.57. The van der Waals surface area contributed by atoms with Gasteiger partial charge in [-0.05, 0) is 48.4 Å². The van der Waals surface area contributed by atoms with E-state index in [9.17, 15) is 27.5 Å². The summed E-state index contributed by atoms with van der Waals surface area (Å²) in [4.78, 5) is 11.1. The predicted molar refractivity (Wildman–Crippen MR) is 102 cm³/mol. The lowest BCUT2D eigenvalue weighted by Gasteiger charge is -2.28. The van der Waals surface area contributed by atoms with Gasteiger partial charge in [0.2, 0.25) is 0 Å². The highest BCUT2D eigenvalue weighted by Gasteiger charge is 2.39. The molecule has 0 saturated carbocycles. The summed E-state index contributed by atoms with van der Waals surface area (Å²) in [7, 11) is -1.79. The standard InChI is InChI=1S/C20H19F3N2O3S/c1-12-9-13-5-6-14(20(21,22)23)10-19(13)29(28)24(11-12)17-8-7-16-15(17)3-2-4-18(16)25(26)27/h2-6,10,12,17H,7-9,11H2,1H3/t12-,17?,29?/m0/s1. The fourth-order valence-corrected chi connectivity index (χ4v) is 6.03. The van der Waals surface area contributed by atoms with Gasteiger partial charge in [0.1, 0.15) is 11.0 Å². The largest absolute Gasteiger partial charge is 0.416 e. The first-order valence-electron chi connectivity index (χ1n) is 9.31. The van der Waals surface area contributed by atoms with Crippen LogP contribution in [0.25, 0.3) is 0 Å². The van der Waals surface area contributed by atoms with Gasteiger partial charge in [0.15, 0.2) is 0 Å². The Bertz CT molecular complexity index is 1010. The van der Waals surface area contributed by atoms with Crippen LogP contribution in [-0.2, 0) is 30.0 Å². The van der Waals surface area contributed by atoms with Gasteiger partial charge in [0, 0.05) is 24.2 Å². The van der Waals surface area contributed by atoms with E-state index in [4.69, 9.17) is 0 Å². The molecule has 0 fully saturated rings. The first-order chi connectivity index (χ1) is 13.7. The summed E-state index contributed by atoms with van der Waals surface area (Å²) in [5.74, 6) is 0.0830. The van der Waals surface area contributed by atoms with Crippen LogP contribution >= 0.6 is 0 Å². The third-order valence-corrected chi connectivity index (χ3v) is 7.20. The van der Waals surface area contributed by atoms with Crippen molar-refractivity contribution >= 4 is 16.7 Å². The van der Waals surface area contributed by atoms with E-state index in [1.165, 1.54) is 12.1 Å². The summed E-state index contributed by atoms with van der Waals surface area (Å²) < 4.78 is 54.7. The molecule has 0 N–H and O–H groups in total. The lowest BCUT2D eigenvalue weighted by Crippen LogP contribution is -2.32. The number of nitrogens with zero attached hydrogens (tertiary/aromatic N) is 2. The molecule has 5 nitrogen and oxygen atoms in total. The molecule has 0 spiro atoms. The second-order valence-electron chi connectivity index (χ2n) is 7.63. The van der Waals surface area contributed by atoms with Crippen molar-refractivity contribution in [2.75, 3.05) is 6.54 Å². The van der Waals surface area contributed by atoms with Crippen molar-refractivity contribution in [1.29, 1.82) is 0 Å². The first-order valence-corrected chi connectivity index (χ1v) is 10.4. The minimum absolute atomic E-state index is 0.0402. The van der Waals surface area contributed by atoms with Crippen molar-refractivity contribution < 1.29 is 22.3 Å². The highest BCUT2D eigenvalue weighted by molar-refractivity contribution is 7.82. The van der Waals surface area contributed by atoms with Gasteiger partial charge in [-0.2, -0.15) is 13.2 Å². The van der Waals surface area contributed by atoms with Crippen LogP contribution in [0.4, 0.5) is 18.9 Å². The first kappa shape index (κ1) is 20.0. The number of hydrogen-bond acceptors (Lipinski definition) is 3. The van der Waals surface area contributed by atoms with Crippen LogP contribution in [-0.4, -0.2) is 20.0 Å². The molecule has 0 radical (unpaired) electrons. The van der Waals surface area contributed by atoms with Gasteiger partial charge in [-0.1, -0.05) is 25.1 Å². The van der Waals surface area contributed by atoms with Crippen molar-refractivity contribution in [3.63, 3.8) is 0 Å². The molecule has 2 unspecified atom stereocenters. The number of hydrogen-bond donors (Lipinski definition) is 0. The highest BCUT2D eigenvalue weighted by atomic mass is 32.2. The van der Waals surface area contributed by atoms with Crippen LogP contribution in [0.5, 0.6) is 0 Å². The summed E-state index contributed by atoms with van der Waals surface area (Å²) >= 11 is 0. The summed E-state index contributed by atoms with van der Waals surface area (Å²) in [5.41, 5.74) is 1.25. The molecular formula is C20H19F3N2O3S. The Morgan fingerprint density at radius 3 is 2.69 bits per heavy atom. The number of benzene rings is 2. The van der Waals surface area contributed by atoms with Crippen LogP contribution in [0.15, 0.2) is 41.3 Å². The monoisotopic (exact) mass is 424 g/mol. The second-order valence-corrected chi connectivity index (χ2v) is 9.04.